The molecule has 0 heterocycles. The molecule has 0 saturated heterocycles. The number of esters is 2. The van der Waals surface area contributed by atoms with Crippen LogP contribution in [0.4, 0.5) is 0 Å². The van der Waals surface area contributed by atoms with Crippen LogP contribution in [0.1, 0.15) is 174 Å². The maximum Gasteiger partial charge on any atom is 0.469 e. The summed E-state index contributed by atoms with van der Waals surface area (Å²) < 4.78 is 26.3. The third kappa shape index (κ3) is 42.4. The normalized spacial score (nSPS) is 13.8. The van der Waals surface area contributed by atoms with Gasteiger partial charge in [-0.3, -0.25) is 14.1 Å². The van der Waals surface area contributed by atoms with Gasteiger partial charge in [0.2, 0.25) is 0 Å². The van der Waals surface area contributed by atoms with Gasteiger partial charge in [0.15, 0.2) is 6.10 Å². The topological polar surface area (TPSA) is 140 Å². The highest BCUT2D eigenvalue weighted by Gasteiger charge is 2.22. The number of unbranched alkanes of at least 4 members (excludes halogenated alkanes) is 13. The Labute approximate surface area is 334 Å². The van der Waals surface area contributed by atoms with E-state index in [0.717, 1.165) is 64.2 Å². The second-order valence-corrected chi connectivity index (χ2v) is 15.4. The quantitative estimate of drug-likeness (QED) is 0.0241. The van der Waals surface area contributed by atoms with Gasteiger partial charge in [0.05, 0.1) is 12.7 Å². The molecule has 3 N–H and O–H groups in total. The van der Waals surface area contributed by atoms with Crippen molar-refractivity contribution >= 4 is 19.8 Å². The van der Waals surface area contributed by atoms with Crippen LogP contribution < -0.4 is 0 Å². The number of ether oxygens (including phenoxy) is 2. The van der Waals surface area contributed by atoms with Gasteiger partial charge >= 0.3 is 19.8 Å². The number of rotatable bonds is 38. The molecule has 0 aromatic rings. The van der Waals surface area contributed by atoms with Crippen LogP contribution in [0.25, 0.3) is 0 Å². The van der Waals surface area contributed by atoms with Crippen molar-refractivity contribution in [3.63, 3.8) is 0 Å². The summed E-state index contributed by atoms with van der Waals surface area (Å²) in [5, 5.41) is 9.71. The van der Waals surface area contributed by atoms with Gasteiger partial charge in [-0.25, -0.2) is 4.57 Å². The molecule has 0 rings (SSSR count). The summed E-state index contributed by atoms with van der Waals surface area (Å²) >= 11 is 0. The molecule has 0 aliphatic carbocycles. The number of phosphoric ester groups is 1. The molecule has 0 spiro atoms. The third-order valence-corrected chi connectivity index (χ3v) is 9.24. The van der Waals surface area contributed by atoms with E-state index < -0.39 is 32.5 Å². The van der Waals surface area contributed by atoms with Gasteiger partial charge in [-0.1, -0.05) is 151 Å². The second-order valence-electron chi connectivity index (χ2n) is 14.1. The minimum Gasteiger partial charge on any atom is -0.462 e. The first kappa shape index (κ1) is 52.5. The van der Waals surface area contributed by atoms with Crippen molar-refractivity contribution in [2.24, 2.45) is 0 Å². The summed E-state index contributed by atoms with van der Waals surface area (Å²) in [6.45, 7) is 3.41. The number of hydrogen-bond donors (Lipinski definition) is 3. The lowest BCUT2D eigenvalue weighted by Gasteiger charge is -2.18. The molecule has 0 aromatic carbocycles. The van der Waals surface area contributed by atoms with Crippen molar-refractivity contribution in [1.82, 2.24) is 0 Å². The van der Waals surface area contributed by atoms with Crippen LogP contribution in [0.3, 0.4) is 0 Å². The van der Waals surface area contributed by atoms with E-state index in [1.807, 2.05) is 18.2 Å². The van der Waals surface area contributed by atoms with Crippen molar-refractivity contribution < 1.29 is 43.0 Å². The van der Waals surface area contributed by atoms with Crippen LogP contribution in [0.2, 0.25) is 0 Å². The smallest absolute Gasteiger partial charge is 0.462 e. The number of aliphatic hydroxyl groups excluding tert-OH is 1. The molecule has 55 heavy (non-hydrogen) atoms. The summed E-state index contributed by atoms with van der Waals surface area (Å²) in [6.07, 6.45) is 48.3. The Kier molecular flexibility index (Phi) is 37.8. The molecule has 0 bridgehead atoms. The Hall–Kier alpha value is -2.55. The fraction of sp³-hybridized carbons (Fsp3) is 0.689. The third-order valence-electron chi connectivity index (χ3n) is 8.75. The van der Waals surface area contributed by atoms with E-state index in [9.17, 15) is 19.3 Å². The van der Waals surface area contributed by atoms with Crippen molar-refractivity contribution in [2.45, 2.75) is 187 Å². The highest BCUT2D eigenvalue weighted by Crippen LogP contribution is 2.36. The average molecular weight is 793 g/mol. The number of carbonyl (C=O) groups excluding carboxylic acids is 2. The maximum atomic E-state index is 12.4. The Morgan fingerprint density at radius 1 is 0.545 bits per heavy atom. The van der Waals surface area contributed by atoms with Crippen LogP contribution >= 0.6 is 7.82 Å². The fourth-order valence-corrected chi connectivity index (χ4v) is 5.95. The van der Waals surface area contributed by atoms with Crippen LogP contribution in [0.15, 0.2) is 72.9 Å². The molecule has 10 heteroatoms. The van der Waals surface area contributed by atoms with E-state index in [4.69, 9.17) is 19.3 Å². The van der Waals surface area contributed by atoms with Crippen molar-refractivity contribution in [1.29, 1.82) is 0 Å². The van der Waals surface area contributed by atoms with Gasteiger partial charge in [-0.15, -0.1) is 0 Å². The molecule has 316 valence electrons. The number of phosphoric acid groups is 1. The van der Waals surface area contributed by atoms with Crippen molar-refractivity contribution in [2.75, 3.05) is 13.2 Å². The van der Waals surface area contributed by atoms with Crippen LogP contribution in [-0.4, -0.2) is 52.3 Å². The van der Waals surface area contributed by atoms with Crippen LogP contribution in [0, 0.1) is 0 Å². The van der Waals surface area contributed by atoms with Crippen molar-refractivity contribution in [3.8, 4) is 0 Å². The molecule has 0 aliphatic heterocycles. The van der Waals surface area contributed by atoms with E-state index >= 15 is 0 Å². The van der Waals surface area contributed by atoms with Crippen LogP contribution in [-0.2, 0) is 28.2 Å². The summed E-state index contributed by atoms with van der Waals surface area (Å²) in [5.41, 5.74) is 0. The Balaban J connectivity index is 4.04. The summed E-state index contributed by atoms with van der Waals surface area (Å²) in [4.78, 5) is 42.8. The van der Waals surface area contributed by atoms with Gasteiger partial charge in [-0.05, 0) is 83.5 Å². The van der Waals surface area contributed by atoms with E-state index in [1.54, 1.807) is 0 Å². The number of allylic oxidation sites excluding steroid dienone is 11. The molecule has 2 atom stereocenters. The molecule has 0 radical (unpaired) electrons. The molecule has 0 amide bonds. The number of carbonyl (C=O) groups is 2. The van der Waals surface area contributed by atoms with E-state index in [0.29, 0.717) is 25.7 Å². The van der Waals surface area contributed by atoms with Gasteiger partial charge in [0.1, 0.15) is 6.61 Å². The minimum atomic E-state index is -4.78. The number of hydrogen-bond acceptors (Lipinski definition) is 7. The molecular formula is C45H77O9P. The Bertz CT molecular complexity index is 1140. The zero-order chi connectivity index (χ0) is 40.5. The zero-order valence-electron chi connectivity index (χ0n) is 34.4. The second kappa shape index (κ2) is 39.7. The lowest BCUT2D eigenvalue weighted by Crippen LogP contribution is -2.29. The lowest BCUT2D eigenvalue weighted by atomic mass is 10.1. The number of aliphatic hydroxyl groups is 1. The average Bonchev–Trinajstić information content (AvgIpc) is 3.15. The lowest BCUT2D eigenvalue weighted by molar-refractivity contribution is -0.161. The van der Waals surface area contributed by atoms with Gasteiger partial charge in [-0.2, -0.15) is 0 Å². The Morgan fingerprint density at radius 3 is 1.53 bits per heavy atom. The molecule has 0 aliphatic rings. The van der Waals surface area contributed by atoms with Gasteiger partial charge < -0.3 is 24.4 Å². The highest BCUT2D eigenvalue weighted by molar-refractivity contribution is 7.46. The summed E-state index contributed by atoms with van der Waals surface area (Å²) in [5.74, 6) is -0.980. The fourth-order valence-electron chi connectivity index (χ4n) is 5.59. The summed E-state index contributed by atoms with van der Waals surface area (Å²) in [7, 11) is -4.78. The highest BCUT2D eigenvalue weighted by atomic mass is 31.2. The SMILES string of the molecule is CCCCC/C=C\C/C=C\CCCCCCCCCCCC(=O)O[C@H](COC(=O)CCC/C=C\C/C=C\C/C=C\C/C=C\CC(O)CCC)COP(=O)(O)O. The summed E-state index contributed by atoms with van der Waals surface area (Å²) in [6, 6.07) is 0. The largest absolute Gasteiger partial charge is 0.469 e. The molecular weight excluding hydrogens is 715 g/mol. The monoisotopic (exact) mass is 793 g/mol. The predicted molar refractivity (Wildman–Crippen MR) is 226 cm³/mol. The molecule has 0 fully saturated rings. The molecule has 1 unspecified atom stereocenters. The van der Waals surface area contributed by atoms with Crippen molar-refractivity contribution in [3.05, 3.63) is 72.9 Å². The molecule has 0 aromatic heterocycles. The first-order chi connectivity index (χ1) is 26.7. The van der Waals surface area contributed by atoms with E-state index in [-0.39, 0.29) is 25.6 Å². The Morgan fingerprint density at radius 2 is 1.00 bits per heavy atom. The maximum absolute atomic E-state index is 12.4. The minimum absolute atomic E-state index is 0.172. The van der Waals surface area contributed by atoms with Gasteiger partial charge in [0.25, 0.3) is 0 Å². The van der Waals surface area contributed by atoms with Crippen LogP contribution in [0.5, 0.6) is 0 Å². The first-order valence-corrected chi connectivity index (χ1v) is 22.8. The molecule has 9 nitrogen and oxygen atoms in total. The molecule has 0 saturated carbocycles. The van der Waals surface area contributed by atoms with E-state index in [1.165, 1.54) is 57.8 Å². The first-order valence-electron chi connectivity index (χ1n) is 21.3. The van der Waals surface area contributed by atoms with E-state index in [2.05, 4.69) is 73.1 Å². The standard InChI is InChI=1S/C45H77O9P/c1-3-5-6-7-8-9-10-11-12-13-14-15-16-19-23-26-29-32-35-39-45(48)54-43(41-53-55(49,50)51)40-52-44(47)38-34-31-28-25-22-20-17-18-21-24-27-30-33-37-42(46)36-4-2/h8-9,11-12,17,20-21,24-25,28,30,33,42-43,46H,3-7,10,13-16,18-19,22-23,26-27,29,31-32,34-41H2,1-2H3,(H2,49,50,51)/b9-8-,12-11-,20-17-,24-21-,28-25-,33-30-/t42?,43-/m1/s1. The van der Waals surface area contributed by atoms with Gasteiger partial charge in [0, 0.05) is 12.8 Å². The zero-order valence-corrected chi connectivity index (χ0v) is 35.3. The predicted octanol–water partition coefficient (Wildman–Crippen LogP) is 12.0.